The Bertz CT molecular complexity index is 1360. The summed E-state index contributed by atoms with van der Waals surface area (Å²) in [5, 5.41) is 8.36. The van der Waals surface area contributed by atoms with E-state index in [1.54, 1.807) is 29.8 Å². The van der Waals surface area contributed by atoms with Crippen LogP contribution in [0.5, 0.6) is 0 Å². The summed E-state index contributed by atoms with van der Waals surface area (Å²) in [4.78, 5) is 24.5. The first-order valence-corrected chi connectivity index (χ1v) is 12.8. The minimum Gasteiger partial charge on any atom is -0.374 e. The molecule has 0 N–H and O–H groups in total. The maximum Gasteiger partial charge on any atom is 0.435 e. The molecule has 1 atom stereocenters. The van der Waals surface area contributed by atoms with E-state index < -0.39 is 18.2 Å². The van der Waals surface area contributed by atoms with Gasteiger partial charge in [0.15, 0.2) is 0 Å². The number of nitrogens with zero attached hydrogens (tertiary/aromatic N) is 5. The Kier molecular flexibility index (Phi) is 7.76. The highest BCUT2D eigenvalue weighted by molar-refractivity contribution is 6.34. The van der Waals surface area contributed by atoms with Gasteiger partial charge in [-0.05, 0) is 62.2 Å². The van der Waals surface area contributed by atoms with Gasteiger partial charge in [-0.15, -0.1) is 5.10 Å². The highest BCUT2D eigenvalue weighted by atomic mass is 35.5. The largest absolute Gasteiger partial charge is 0.435 e. The average Bonchev–Trinajstić information content (AvgIpc) is 3.49. The molecule has 1 unspecified atom stereocenters. The Hall–Kier alpha value is -3.11. The van der Waals surface area contributed by atoms with Crippen LogP contribution in [0, 0.1) is 6.92 Å². The van der Waals surface area contributed by atoms with Crippen molar-refractivity contribution in [2.24, 2.45) is 5.16 Å². The second-order valence-electron chi connectivity index (χ2n) is 8.87. The highest BCUT2D eigenvalue weighted by Gasteiger charge is 2.62. The summed E-state index contributed by atoms with van der Waals surface area (Å²) in [5.74, 6) is 0.771. The Morgan fingerprint density at radius 3 is 2.34 bits per heavy atom. The molecular weight excluding hydrogens is 542 g/mol. The van der Waals surface area contributed by atoms with Crippen LogP contribution in [0.15, 0.2) is 41.6 Å². The standard InChI is InChI=1S/C26H26Cl2F3N5O2/c1-5-22-32-24(33-36(22)7-3)35(6-2)23(37)20-9-8-16(10-15(20)4)21-14-25(38-34-21,26(29,30)31)17-11-18(27)13-19(28)12-17/h8-13H,5-7,14H2,1-4H3. The molecule has 0 saturated heterocycles. The molecule has 1 amide bonds. The maximum atomic E-state index is 14.3. The summed E-state index contributed by atoms with van der Waals surface area (Å²) in [5.41, 5.74) is -1.54. The smallest absolute Gasteiger partial charge is 0.374 e. The third kappa shape index (κ3) is 4.99. The molecule has 0 radical (unpaired) electrons. The summed E-state index contributed by atoms with van der Waals surface area (Å²) < 4.78 is 44.7. The number of carbonyl (C=O) groups is 1. The maximum absolute atomic E-state index is 14.3. The molecule has 0 fully saturated rings. The van der Waals surface area contributed by atoms with E-state index in [4.69, 9.17) is 28.0 Å². The number of aromatic nitrogens is 3. The fourth-order valence-electron chi connectivity index (χ4n) is 4.44. The van der Waals surface area contributed by atoms with Gasteiger partial charge in [-0.25, -0.2) is 4.68 Å². The van der Waals surface area contributed by atoms with E-state index in [1.807, 2.05) is 20.8 Å². The molecule has 202 valence electrons. The number of oxime groups is 1. The third-order valence-corrected chi connectivity index (χ3v) is 6.90. The van der Waals surface area contributed by atoms with Gasteiger partial charge in [0.1, 0.15) is 5.82 Å². The summed E-state index contributed by atoms with van der Waals surface area (Å²) in [7, 11) is 0. The first-order valence-electron chi connectivity index (χ1n) is 12.1. The van der Waals surface area contributed by atoms with Crippen LogP contribution in [-0.2, 0) is 23.4 Å². The Balaban J connectivity index is 1.63. The molecule has 2 heterocycles. The molecule has 0 bridgehead atoms. The summed E-state index contributed by atoms with van der Waals surface area (Å²) >= 11 is 12.0. The van der Waals surface area contributed by atoms with Crippen molar-refractivity contribution >= 4 is 40.8 Å². The lowest BCUT2D eigenvalue weighted by Crippen LogP contribution is -2.42. The normalized spacial score (nSPS) is 17.3. The van der Waals surface area contributed by atoms with Crippen molar-refractivity contribution in [2.45, 2.75) is 58.9 Å². The third-order valence-electron chi connectivity index (χ3n) is 6.46. The molecule has 4 rings (SSSR count). The van der Waals surface area contributed by atoms with Gasteiger partial charge in [-0.3, -0.25) is 9.69 Å². The molecule has 1 aromatic heterocycles. The van der Waals surface area contributed by atoms with Gasteiger partial charge in [0, 0.05) is 47.1 Å². The van der Waals surface area contributed by atoms with Crippen LogP contribution < -0.4 is 4.90 Å². The number of carbonyl (C=O) groups excluding carboxylic acids is 1. The van der Waals surface area contributed by atoms with E-state index in [2.05, 4.69) is 15.2 Å². The zero-order valence-corrected chi connectivity index (χ0v) is 22.7. The molecule has 0 spiro atoms. The zero-order valence-electron chi connectivity index (χ0n) is 21.2. The van der Waals surface area contributed by atoms with Crippen LogP contribution in [0.1, 0.15) is 60.1 Å². The minimum absolute atomic E-state index is 0.0525. The Morgan fingerprint density at radius 2 is 1.82 bits per heavy atom. The number of aryl methyl sites for hydroxylation is 3. The first-order chi connectivity index (χ1) is 17.9. The second-order valence-corrected chi connectivity index (χ2v) is 9.74. The minimum atomic E-state index is -4.80. The number of halogens is 5. The van der Waals surface area contributed by atoms with E-state index in [0.717, 1.165) is 5.82 Å². The van der Waals surface area contributed by atoms with Crippen LogP contribution in [0.3, 0.4) is 0 Å². The van der Waals surface area contributed by atoms with Crippen molar-refractivity contribution in [3.63, 3.8) is 0 Å². The summed E-state index contributed by atoms with van der Waals surface area (Å²) in [6, 6.07) is 8.43. The van der Waals surface area contributed by atoms with E-state index in [0.29, 0.717) is 42.1 Å². The number of rotatable bonds is 7. The average molecular weight is 568 g/mol. The second kappa shape index (κ2) is 10.6. The fourth-order valence-corrected chi connectivity index (χ4v) is 4.97. The van der Waals surface area contributed by atoms with Crippen molar-refractivity contribution < 1.29 is 22.8 Å². The van der Waals surface area contributed by atoms with Gasteiger partial charge in [0.25, 0.3) is 17.5 Å². The quantitative estimate of drug-likeness (QED) is 0.317. The molecule has 1 aliphatic rings. The van der Waals surface area contributed by atoms with Crippen molar-refractivity contribution in [3.8, 4) is 0 Å². The van der Waals surface area contributed by atoms with E-state index >= 15 is 0 Å². The molecule has 0 saturated carbocycles. The van der Waals surface area contributed by atoms with Crippen molar-refractivity contribution in [1.82, 2.24) is 14.8 Å². The Labute approximate surface area is 228 Å². The predicted molar refractivity (Wildman–Crippen MR) is 140 cm³/mol. The highest BCUT2D eigenvalue weighted by Crippen LogP contribution is 2.49. The van der Waals surface area contributed by atoms with Crippen LogP contribution in [0.25, 0.3) is 0 Å². The van der Waals surface area contributed by atoms with Crippen LogP contribution in [0.2, 0.25) is 10.0 Å². The SMILES string of the molecule is CCc1nc(N(CC)C(=O)c2ccc(C3=NOC(c4cc(Cl)cc(Cl)c4)(C(F)(F)F)C3)cc2C)nn1CC. The van der Waals surface area contributed by atoms with Gasteiger partial charge < -0.3 is 4.84 Å². The fraction of sp³-hybridized carbons (Fsp3) is 0.385. The molecule has 12 heteroatoms. The number of anilines is 1. The van der Waals surface area contributed by atoms with Gasteiger partial charge >= 0.3 is 6.18 Å². The lowest BCUT2D eigenvalue weighted by Gasteiger charge is -2.29. The molecule has 7 nitrogen and oxygen atoms in total. The van der Waals surface area contributed by atoms with Crippen LogP contribution in [-0.4, -0.2) is 39.1 Å². The number of benzene rings is 2. The van der Waals surface area contributed by atoms with Crippen molar-refractivity contribution in [3.05, 3.63) is 74.5 Å². The molecule has 3 aromatic rings. The molecular formula is C26H26Cl2F3N5O2. The lowest BCUT2D eigenvalue weighted by molar-refractivity contribution is -0.275. The molecule has 2 aromatic carbocycles. The van der Waals surface area contributed by atoms with E-state index in [1.165, 1.54) is 23.1 Å². The van der Waals surface area contributed by atoms with Gasteiger partial charge in [0.05, 0.1) is 5.71 Å². The summed E-state index contributed by atoms with van der Waals surface area (Å²) in [6.45, 7) is 8.41. The number of hydrogen-bond acceptors (Lipinski definition) is 5. The van der Waals surface area contributed by atoms with Crippen LogP contribution >= 0.6 is 23.2 Å². The lowest BCUT2D eigenvalue weighted by atomic mass is 9.86. The van der Waals surface area contributed by atoms with Gasteiger partial charge in [-0.1, -0.05) is 41.3 Å². The number of hydrogen-bond donors (Lipinski definition) is 0. The monoisotopic (exact) mass is 567 g/mol. The summed E-state index contributed by atoms with van der Waals surface area (Å²) in [6.07, 6.45) is -4.71. The van der Waals surface area contributed by atoms with Gasteiger partial charge in [-0.2, -0.15) is 18.2 Å². The zero-order chi connectivity index (χ0) is 27.8. The van der Waals surface area contributed by atoms with Gasteiger partial charge in [0.2, 0.25) is 0 Å². The van der Waals surface area contributed by atoms with Crippen molar-refractivity contribution in [1.29, 1.82) is 0 Å². The molecule has 1 aliphatic heterocycles. The van der Waals surface area contributed by atoms with E-state index in [9.17, 15) is 18.0 Å². The number of alkyl halides is 3. The number of amides is 1. The Morgan fingerprint density at radius 1 is 1.13 bits per heavy atom. The predicted octanol–water partition coefficient (Wildman–Crippen LogP) is 6.72. The van der Waals surface area contributed by atoms with Crippen molar-refractivity contribution in [2.75, 3.05) is 11.4 Å². The van der Waals surface area contributed by atoms with E-state index in [-0.39, 0.29) is 27.2 Å². The molecule has 0 aliphatic carbocycles. The van der Waals surface area contributed by atoms with Crippen LogP contribution in [0.4, 0.5) is 19.1 Å². The first kappa shape index (κ1) is 27.9. The molecule has 38 heavy (non-hydrogen) atoms. The topological polar surface area (TPSA) is 72.6 Å².